The van der Waals surface area contributed by atoms with E-state index in [-0.39, 0.29) is 18.6 Å². The average molecular weight is 244 g/mol. The summed E-state index contributed by atoms with van der Waals surface area (Å²) in [5.74, 6) is 0.0161. The van der Waals surface area contributed by atoms with Crippen LogP contribution in [0.2, 0.25) is 0 Å². The Morgan fingerprint density at radius 2 is 2.29 bits per heavy atom. The summed E-state index contributed by atoms with van der Waals surface area (Å²) >= 11 is 0. The first-order valence-electron chi connectivity index (χ1n) is 6.38. The number of aliphatic hydroxyl groups is 1. The van der Waals surface area contributed by atoms with E-state index in [2.05, 4.69) is 10.2 Å². The third-order valence-corrected chi connectivity index (χ3v) is 3.18. The molecule has 0 saturated carbocycles. The standard InChI is InChI=1S/C12H24N2O3/c1-17-8-6-13-12(16)9-14-7-4-2-3-5-11(14)10-15/h11,15H,2-10H2,1H3,(H,13,16). The summed E-state index contributed by atoms with van der Waals surface area (Å²) < 4.78 is 4.88. The number of amides is 1. The third-order valence-electron chi connectivity index (χ3n) is 3.18. The minimum Gasteiger partial charge on any atom is -0.395 e. The Balaban J connectivity index is 2.32. The molecule has 100 valence electrons. The molecule has 1 atom stereocenters. The molecule has 5 heteroatoms. The number of rotatable bonds is 6. The molecular formula is C12H24N2O3. The minimum atomic E-state index is 0.0161. The highest BCUT2D eigenvalue weighted by Crippen LogP contribution is 2.15. The summed E-state index contributed by atoms with van der Waals surface area (Å²) in [4.78, 5) is 13.8. The predicted octanol–water partition coefficient (Wildman–Crippen LogP) is -0.0141. The Morgan fingerprint density at radius 3 is 3.00 bits per heavy atom. The molecule has 0 bridgehead atoms. The van der Waals surface area contributed by atoms with Gasteiger partial charge in [-0.25, -0.2) is 0 Å². The quantitative estimate of drug-likeness (QED) is 0.645. The summed E-state index contributed by atoms with van der Waals surface area (Å²) in [5, 5.41) is 12.1. The second kappa shape index (κ2) is 8.44. The lowest BCUT2D eigenvalue weighted by Crippen LogP contribution is -2.44. The summed E-state index contributed by atoms with van der Waals surface area (Å²) in [6, 6.07) is 0.144. The van der Waals surface area contributed by atoms with Crippen LogP contribution in [0.1, 0.15) is 25.7 Å². The monoisotopic (exact) mass is 244 g/mol. The smallest absolute Gasteiger partial charge is 0.234 e. The van der Waals surface area contributed by atoms with E-state index in [9.17, 15) is 9.90 Å². The van der Waals surface area contributed by atoms with Crippen molar-refractivity contribution in [3.05, 3.63) is 0 Å². The van der Waals surface area contributed by atoms with Gasteiger partial charge in [0.1, 0.15) is 0 Å². The summed E-state index contributed by atoms with van der Waals surface area (Å²) in [7, 11) is 1.61. The lowest BCUT2D eigenvalue weighted by molar-refractivity contribution is -0.123. The number of hydrogen-bond acceptors (Lipinski definition) is 4. The fourth-order valence-electron chi connectivity index (χ4n) is 2.18. The summed E-state index contributed by atoms with van der Waals surface area (Å²) in [6.45, 7) is 2.52. The van der Waals surface area contributed by atoms with E-state index < -0.39 is 0 Å². The SMILES string of the molecule is COCCNC(=O)CN1CCCCCC1CO. The number of nitrogens with zero attached hydrogens (tertiary/aromatic N) is 1. The van der Waals surface area contributed by atoms with Crippen LogP contribution in [0.3, 0.4) is 0 Å². The van der Waals surface area contributed by atoms with Gasteiger partial charge in [0, 0.05) is 19.7 Å². The first kappa shape index (κ1) is 14.4. The molecular weight excluding hydrogens is 220 g/mol. The lowest BCUT2D eigenvalue weighted by Gasteiger charge is -2.27. The molecule has 1 heterocycles. The van der Waals surface area contributed by atoms with Crippen molar-refractivity contribution in [1.82, 2.24) is 10.2 Å². The van der Waals surface area contributed by atoms with Crippen molar-refractivity contribution >= 4 is 5.91 Å². The molecule has 1 fully saturated rings. The van der Waals surface area contributed by atoms with Crippen LogP contribution in [-0.2, 0) is 9.53 Å². The van der Waals surface area contributed by atoms with E-state index in [1.54, 1.807) is 7.11 Å². The number of aliphatic hydroxyl groups excluding tert-OH is 1. The van der Waals surface area contributed by atoms with Gasteiger partial charge in [-0.05, 0) is 19.4 Å². The Morgan fingerprint density at radius 1 is 1.47 bits per heavy atom. The zero-order valence-electron chi connectivity index (χ0n) is 10.7. The van der Waals surface area contributed by atoms with Gasteiger partial charge in [-0.15, -0.1) is 0 Å². The van der Waals surface area contributed by atoms with Gasteiger partial charge >= 0.3 is 0 Å². The highest BCUT2D eigenvalue weighted by atomic mass is 16.5. The van der Waals surface area contributed by atoms with Crippen LogP contribution in [0, 0.1) is 0 Å². The van der Waals surface area contributed by atoms with Crippen LogP contribution >= 0.6 is 0 Å². The topological polar surface area (TPSA) is 61.8 Å². The first-order chi connectivity index (χ1) is 8.27. The number of methoxy groups -OCH3 is 1. The van der Waals surface area contributed by atoms with E-state index in [1.165, 1.54) is 6.42 Å². The fraction of sp³-hybridized carbons (Fsp3) is 0.917. The van der Waals surface area contributed by atoms with Gasteiger partial charge in [0.25, 0.3) is 0 Å². The third kappa shape index (κ3) is 5.48. The minimum absolute atomic E-state index is 0.0161. The van der Waals surface area contributed by atoms with Crippen LogP contribution in [-0.4, -0.2) is 61.9 Å². The van der Waals surface area contributed by atoms with Gasteiger partial charge in [0.15, 0.2) is 0 Å². The first-order valence-corrected chi connectivity index (χ1v) is 6.38. The molecule has 1 aliphatic rings. The molecule has 17 heavy (non-hydrogen) atoms. The molecule has 0 aliphatic carbocycles. The molecule has 0 spiro atoms. The largest absolute Gasteiger partial charge is 0.395 e. The zero-order valence-corrected chi connectivity index (χ0v) is 10.7. The second-order valence-corrected chi connectivity index (χ2v) is 4.50. The van der Waals surface area contributed by atoms with Gasteiger partial charge in [-0.2, -0.15) is 0 Å². The van der Waals surface area contributed by atoms with Crippen LogP contribution in [0.5, 0.6) is 0 Å². The van der Waals surface area contributed by atoms with Crippen LogP contribution in [0.4, 0.5) is 0 Å². The number of ether oxygens (including phenoxy) is 1. The van der Waals surface area contributed by atoms with Crippen LogP contribution < -0.4 is 5.32 Å². The second-order valence-electron chi connectivity index (χ2n) is 4.50. The Bertz CT molecular complexity index is 224. The predicted molar refractivity (Wildman–Crippen MR) is 65.8 cm³/mol. The van der Waals surface area contributed by atoms with Gasteiger partial charge in [0.05, 0.1) is 19.8 Å². The summed E-state index contributed by atoms with van der Waals surface area (Å²) in [5.41, 5.74) is 0. The molecule has 0 aromatic rings. The van der Waals surface area contributed by atoms with Gasteiger partial charge in [0.2, 0.25) is 5.91 Å². The van der Waals surface area contributed by atoms with Crippen molar-refractivity contribution in [3.63, 3.8) is 0 Å². The summed E-state index contributed by atoms with van der Waals surface area (Å²) in [6.07, 6.45) is 4.44. The number of hydrogen-bond donors (Lipinski definition) is 2. The van der Waals surface area contributed by atoms with Crippen molar-refractivity contribution in [2.45, 2.75) is 31.7 Å². The number of carbonyl (C=O) groups is 1. The molecule has 1 aliphatic heterocycles. The Labute approximate surface area is 103 Å². The Hall–Kier alpha value is -0.650. The zero-order chi connectivity index (χ0) is 12.5. The van der Waals surface area contributed by atoms with Crippen molar-refractivity contribution < 1.29 is 14.6 Å². The highest BCUT2D eigenvalue weighted by Gasteiger charge is 2.21. The molecule has 2 N–H and O–H groups in total. The molecule has 1 unspecified atom stereocenters. The highest BCUT2D eigenvalue weighted by molar-refractivity contribution is 5.78. The van der Waals surface area contributed by atoms with Crippen molar-refractivity contribution in [1.29, 1.82) is 0 Å². The molecule has 0 radical (unpaired) electrons. The molecule has 1 rings (SSSR count). The maximum Gasteiger partial charge on any atom is 0.234 e. The van der Waals surface area contributed by atoms with Gasteiger partial charge < -0.3 is 15.2 Å². The number of carbonyl (C=O) groups excluding carboxylic acids is 1. The molecule has 1 saturated heterocycles. The van der Waals surface area contributed by atoms with Crippen LogP contribution in [0.25, 0.3) is 0 Å². The van der Waals surface area contributed by atoms with Crippen molar-refractivity contribution in [2.24, 2.45) is 0 Å². The fourth-order valence-corrected chi connectivity index (χ4v) is 2.18. The molecule has 0 aromatic heterocycles. The van der Waals surface area contributed by atoms with E-state index in [4.69, 9.17) is 4.74 Å². The van der Waals surface area contributed by atoms with E-state index in [1.807, 2.05) is 0 Å². The average Bonchev–Trinajstić information content (AvgIpc) is 2.54. The van der Waals surface area contributed by atoms with Crippen LogP contribution in [0.15, 0.2) is 0 Å². The maximum absolute atomic E-state index is 11.7. The Kier molecular flexibility index (Phi) is 7.16. The van der Waals surface area contributed by atoms with E-state index in [0.29, 0.717) is 19.7 Å². The maximum atomic E-state index is 11.7. The van der Waals surface area contributed by atoms with Crippen molar-refractivity contribution in [2.75, 3.05) is 40.0 Å². The number of nitrogens with one attached hydrogen (secondary N) is 1. The van der Waals surface area contributed by atoms with Crippen molar-refractivity contribution in [3.8, 4) is 0 Å². The van der Waals surface area contributed by atoms with Gasteiger partial charge in [-0.1, -0.05) is 12.8 Å². The normalized spacial score (nSPS) is 22.1. The lowest BCUT2D eigenvalue weighted by atomic mass is 10.1. The number of likely N-dealkylation sites (tertiary alicyclic amines) is 1. The van der Waals surface area contributed by atoms with E-state index in [0.717, 1.165) is 25.8 Å². The molecule has 1 amide bonds. The molecule has 5 nitrogen and oxygen atoms in total. The van der Waals surface area contributed by atoms with Gasteiger partial charge in [-0.3, -0.25) is 9.69 Å². The van der Waals surface area contributed by atoms with E-state index >= 15 is 0 Å². The molecule has 0 aromatic carbocycles.